The van der Waals surface area contributed by atoms with Crippen LogP contribution in [0.15, 0.2) is 0 Å². The molecule has 0 aromatic heterocycles. The van der Waals surface area contributed by atoms with Gasteiger partial charge in [0.15, 0.2) is 0 Å². The normalized spacial score (nSPS) is 14.2. The monoisotopic (exact) mass is 215 g/mol. The Kier molecular flexibility index (Phi) is 8.07. The van der Waals surface area contributed by atoms with Crippen molar-refractivity contribution in [3.8, 4) is 0 Å². The van der Waals surface area contributed by atoms with E-state index in [9.17, 15) is 0 Å². The van der Waals surface area contributed by atoms with Gasteiger partial charge in [0, 0.05) is 0 Å². The van der Waals surface area contributed by atoms with Crippen molar-refractivity contribution in [1.82, 2.24) is 0 Å². The van der Waals surface area contributed by atoms with E-state index in [1.165, 1.54) is 19.3 Å². The molecule has 0 spiro atoms. The smallest absolute Gasteiger partial charge is 0.106 e. The fraction of sp³-hybridized carbons (Fsp3) is 1.00. The summed E-state index contributed by atoms with van der Waals surface area (Å²) < 4.78 is 6.01. The second-order valence-corrected chi connectivity index (χ2v) is 4.41. The molecular formula is C13H29NO. The standard InChI is InChI=1S/C13H29NO/c1-5-9-10-11-13(7-3,8-4)15-12(14)6-2/h12H,5-11,14H2,1-4H3. The number of nitrogens with two attached hydrogens (primary N) is 1. The molecule has 15 heavy (non-hydrogen) atoms. The van der Waals surface area contributed by atoms with Crippen LogP contribution in [0, 0.1) is 0 Å². The van der Waals surface area contributed by atoms with Crippen LogP contribution in [0.4, 0.5) is 0 Å². The topological polar surface area (TPSA) is 35.2 Å². The molecule has 0 aliphatic heterocycles. The third-order valence-electron chi connectivity index (χ3n) is 3.33. The predicted molar refractivity (Wildman–Crippen MR) is 66.8 cm³/mol. The maximum absolute atomic E-state index is 6.01. The maximum atomic E-state index is 6.01. The predicted octanol–water partition coefficient (Wildman–Crippen LogP) is 3.84. The molecule has 0 rings (SSSR count). The fourth-order valence-corrected chi connectivity index (χ4v) is 1.93. The highest BCUT2D eigenvalue weighted by Crippen LogP contribution is 2.28. The van der Waals surface area contributed by atoms with Crippen LogP contribution in [-0.4, -0.2) is 11.8 Å². The van der Waals surface area contributed by atoms with Crippen LogP contribution < -0.4 is 5.73 Å². The van der Waals surface area contributed by atoms with Gasteiger partial charge in [-0.15, -0.1) is 0 Å². The average molecular weight is 215 g/mol. The van der Waals surface area contributed by atoms with E-state index in [4.69, 9.17) is 10.5 Å². The molecule has 0 saturated carbocycles. The van der Waals surface area contributed by atoms with Gasteiger partial charge in [0.25, 0.3) is 0 Å². The Hall–Kier alpha value is -0.0800. The maximum Gasteiger partial charge on any atom is 0.106 e. The van der Waals surface area contributed by atoms with E-state index < -0.39 is 0 Å². The van der Waals surface area contributed by atoms with Gasteiger partial charge < -0.3 is 10.5 Å². The van der Waals surface area contributed by atoms with Crippen molar-refractivity contribution in [1.29, 1.82) is 0 Å². The van der Waals surface area contributed by atoms with Crippen molar-refractivity contribution >= 4 is 0 Å². The Bertz CT molecular complexity index is 143. The summed E-state index contributed by atoms with van der Waals surface area (Å²) in [5.41, 5.74) is 5.92. The molecule has 0 aliphatic rings. The van der Waals surface area contributed by atoms with Crippen LogP contribution in [0.1, 0.15) is 72.6 Å². The van der Waals surface area contributed by atoms with Crippen molar-refractivity contribution in [2.24, 2.45) is 5.73 Å². The molecule has 0 saturated heterocycles. The molecule has 0 aliphatic carbocycles. The summed E-state index contributed by atoms with van der Waals surface area (Å²) in [6.07, 6.45) is 7.93. The van der Waals surface area contributed by atoms with Crippen LogP contribution >= 0.6 is 0 Å². The highest BCUT2D eigenvalue weighted by molar-refractivity contribution is 4.78. The molecule has 2 N–H and O–H groups in total. The molecule has 92 valence electrons. The Morgan fingerprint density at radius 1 is 1.07 bits per heavy atom. The number of hydrogen-bond acceptors (Lipinski definition) is 2. The molecular weight excluding hydrogens is 186 g/mol. The lowest BCUT2D eigenvalue weighted by Gasteiger charge is -2.34. The van der Waals surface area contributed by atoms with Gasteiger partial charge in [-0.2, -0.15) is 0 Å². The van der Waals surface area contributed by atoms with Crippen LogP contribution in [0.5, 0.6) is 0 Å². The van der Waals surface area contributed by atoms with Crippen molar-refractivity contribution in [3.63, 3.8) is 0 Å². The zero-order valence-electron chi connectivity index (χ0n) is 11.0. The summed E-state index contributed by atoms with van der Waals surface area (Å²) in [5.74, 6) is 0. The van der Waals surface area contributed by atoms with Gasteiger partial charge in [0.2, 0.25) is 0 Å². The minimum atomic E-state index is -0.0912. The highest BCUT2D eigenvalue weighted by atomic mass is 16.5. The Morgan fingerprint density at radius 3 is 2.07 bits per heavy atom. The molecule has 2 heteroatoms. The van der Waals surface area contributed by atoms with Crippen molar-refractivity contribution in [2.75, 3.05) is 0 Å². The lowest BCUT2D eigenvalue weighted by molar-refractivity contribution is -0.103. The first-order chi connectivity index (χ1) is 7.14. The minimum Gasteiger partial charge on any atom is -0.357 e. The minimum absolute atomic E-state index is 0.0323. The summed E-state index contributed by atoms with van der Waals surface area (Å²) in [6, 6.07) is 0. The van der Waals surface area contributed by atoms with E-state index >= 15 is 0 Å². The number of rotatable bonds is 9. The molecule has 0 fully saturated rings. The molecule has 1 unspecified atom stereocenters. The van der Waals surface area contributed by atoms with E-state index in [-0.39, 0.29) is 11.8 Å². The van der Waals surface area contributed by atoms with Crippen molar-refractivity contribution in [2.45, 2.75) is 84.5 Å². The van der Waals surface area contributed by atoms with Gasteiger partial charge in [0.05, 0.1) is 5.60 Å². The Labute approximate surface area is 95.6 Å². The van der Waals surface area contributed by atoms with Crippen LogP contribution in [-0.2, 0) is 4.74 Å². The molecule has 0 heterocycles. The third kappa shape index (κ3) is 5.53. The molecule has 0 aromatic carbocycles. The summed E-state index contributed by atoms with van der Waals surface area (Å²) >= 11 is 0. The number of hydrogen-bond donors (Lipinski definition) is 1. The van der Waals surface area contributed by atoms with Crippen molar-refractivity contribution < 1.29 is 4.74 Å². The van der Waals surface area contributed by atoms with Crippen molar-refractivity contribution in [3.05, 3.63) is 0 Å². The molecule has 2 nitrogen and oxygen atoms in total. The molecule has 0 bridgehead atoms. The van der Waals surface area contributed by atoms with Crippen LogP contribution in [0.25, 0.3) is 0 Å². The SMILES string of the molecule is CCCCCC(CC)(CC)OC(N)CC. The van der Waals surface area contributed by atoms with Crippen LogP contribution in [0.3, 0.4) is 0 Å². The Balaban J connectivity index is 4.16. The molecule has 0 aromatic rings. The van der Waals surface area contributed by atoms with E-state index in [2.05, 4.69) is 27.7 Å². The first-order valence-electron chi connectivity index (χ1n) is 6.57. The summed E-state index contributed by atoms with van der Waals surface area (Å²) in [7, 11) is 0. The number of ether oxygens (including phenoxy) is 1. The van der Waals surface area contributed by atoms with Gasteiger partial charge in [-0.3, -0.25) is 0 Å². The second kappa shape index (κ2) is 8.12. The van der Waals surface area contributed by atoms with Gasteiger partial charge in [0.1, 0.15) is 6.23 Å². The van der Waals surface area contributed by atoms with Gasteiger partial charge in [-0.1, -0.05) is 47.0 Å². The average Bonchev–Trinajstić information content (AvgIpc) is 2.27. The lowest BCUT2D eigenvalue weighted by atomic mass is 9.90. The largest absolute Gasteiger partial charge is 0.357 e. The summed E-state index contributed by atoms with van der Waals surface area (Å²) in [6.45, 7) is 8.72. The second-order valence-electron chi connectivity index (χ2n) is 4.41. The highest BCUT2D eigenvalue weighted by Gasteiger charge is 2.28. The zero-order chi connectivity index (χ0) is 11.7. The zero-order valence-corrected chi connectivity index (χ0v) is 11.0. The summed E-state index contributed by atoms with van der Waals surface area (Å²) in [4.78, 5) is 0. The fourth-order valence-electron chi connectivity index (χ4n) is 1.93. The first kappa shape index (κ1) is 14.9. The summed E-state index contributed by atoms with van der Waals surface area (Å²) in [5, 5.41) is 0. The Morgan fingerprint density at radius 2 is 1.67 bits per heavy atom. The van der Waals surface area contributed by atoms with E-state index in [0.717, 1.165) is 25.7 Å². The molecule has 1 atom stereocenters. The lowest BCUT2D eigenvalue weighted by Crippen LogP contribution is -2.39. The molecule has 0 amide bonds. The van der Waals surface area contributed by atoms with E-state index in [0.29, 0.717) is 0 Å². The first-order valence-corrected chi connectivity index (χ1v) is 6.57. The van der Waals surface area contributed by atoms with E-state index in [1.807, 2.05) is 0 Å². The third-order valence-corrected chi connectivity index (χ3v) is 3.33. The van der Waals surface area contributed by atoms with Gasteiger partial charge in [-0.05, 0) is 25.7 Å². The molecule has 0 radical (unpaired) electrons. The van der Waals surface area contributed by atoms with Gasteiger partial charge >= 0.3 is 0 Å². The quantitative estimate of drug-likeness (QED) is 0.468. The van der Waals surface area contributed by atoms with Crippen LogP contribution in [0.2, 0.25) is 0 Å². The number of unbranched alkanes of at least 4 members (excludes halogenated alkanes) is 2. The van der Waals surface area contributed by atoms with E-state index in [1.54, 1.807) is 0 Å². The van der Waals surface area contributed by atoms with Gasteiger partial charge in [-0.25, -0.2) is 0 Å².